The number of carbonyl (C=O) groups is 2. The number of thioether (sulfide) groups is 1. The maximum atomic E-state index is 13.1. The Morgan fingerprint density at radius 2 is 1.59 bits per heavy atom. The highest BCUT2D eigenvalue weighted by molar-refractivity contribution is 7.99. The van der Waals surface area contributed by atoms with Gasteiger partial charge in [0, 0.05) is 11.6 Å². The van der Waals surface area contributed by atoms with E-state index in [1.807, 2.05) is 6.92 Å². The van der Waals surface area contributed by atoms with Crippen LogP contribution < -0.4 is 0 Å². The van der Waals surface area contributed by atoms with Crippen molar-refractivity contribution in [1.82, 2.24) is 0 Å². The van der Waals surface area contributed by atoms with Crippen molar-refractivity contribution < 1.29 is 40.3 Å². The highest BCUT2D eigenvalue weighted by Crippen LogP contribution is 2.29. The minimum atomic E-state index is -4.54. The van der Waals surface area contributed by atoms with Gasteiger partial charge < -0.3 is 0 Å². The Kier molecular flexibility index (Phi) is 9.35. The van der Waals surface area contributed by atoms with Gasteiger partial charge in [-0.15, -0.1) is 0 Å². The zero-order chi connectivity index (χ0) is 22.2. The molecule has 0 saturated carbocycles. The third-order valence-corrected chi connectivity index (χ3v) is 4.24. The predicted octanol–water partition coefficient (Wildman–Crippen LogP) is 6.05. The molecule has 0 bridgehead atoms. The van der Waals surface area contributed by atoms with Crippen LogP contribution in [0.4, 0.5) is 30.7 Å². The Morgan fingerprint density at radius 1 is 1.00 bits per heavy atom. The second-order valence-corrected chi connectivity index (χ2v) is 6.70. The molecule has 0 unspecified atom stereocenters. The lowest BCUT2D eigenvalue weighted by Gasteiger charge is -2.06. The van der Waals surface area contributed by atoms with Crippen molar-refractivity contribution in [3.8, 4) is 0 Å². The van der Waals surface area contributed by atoms with Crippen LogP contribution in [0.25, 0.3) is 0 Å². The normalized spacial score (nSPS) is 11.1. The van der Waals surface area contributed by atoms with Crippen LogP contribution in [0.5, 0.6) is 0 Å². The predicted molar refractivity (Wildman–Crippen MR) is 95.5 cm³/mol. The molecule has 0 atom stereocenters. The van der Waals surface area contributed by atoms with E-state index >= 15 is 0 Å². The van der Waals surface area contributed by atoms with E-state index in [0.29, 0.717) is 12.1 Å². The van der Waals surface area contributed by atoms with Gasteiger partial charge in [-0.25, -0.2) is 17.6 Å². The summed E-state index contributed by atoms with van der Waals surface area (Å²) < 4.78 is 85.5. The molecule has 0 saturated heterocycles. The minimum absolute atomic E-state index is 0.0349. The third-order valence-electron chi connectivity index (χ3n) is 3.36. The number of benzene rings is 2. The number of hydrogen-bond donors (Lipinski definition) is 0. The lowest BCUT2D eigenvalue weighted by Crippen LogP contribution is -2.11. The van der Waals surface area contributed by atoms with Crippen molar-refractivity contribution in [1.29, 1.82) is 0 Å². The zero-order valence-corrected chi connectivity index (χ0v) is 15.7. The van der Waals surface area contributed by atoms with Crippen molar-refractivity contribution in [3.63, 3.8) is 0 Å². The van der Waals surface area contributed by atoms with Crippen LogP contribution in [0, 0.1) is 11.6 Å². The molecule has 0 amide bonds. The van der Waals surface area contributed by atoms with E-state index in [9.17, 15) is 40.3 Å². The summed E-state index contributed by atoms with van der Waals surface area (Å²) in [6.07, 6.45) is -7.74. The molecule has 2 nitrogen and oxygen atoms in total. The first-order chi connectivity index (χ1) is 13.5. The summed E-state index contributed by atoms with van der Waals surface area (Å²) in [5, 5.41) is 0. The SMILES string of the molecule is CCSCC(=O)c1ccc(F)cc1F.O=C(c1ccc(C(F)(F)F)cc1)C(F)F. The Bertz CT molecular complexity index is 833. The lowest BCUT2D eigenvalue weighted by molar-refractivity contribution is -0.137. The van der Waals surface area contributed by atoms with Crippen molar-refractivity contribution in [2.24, 2.45) is 0 Å². The molecule has 0 N–H and O–H groups in total. The molecule has 0 aliphatic carbocycles. The molecular weight excluding hydrogens is 425 g/mol. The Labute approximate surface area is 166 Å². The molecule has 158 valence electrons. The van der Waals surface area contributed by atoms with Crippen LogP contribution in [-0.4, -0.2) is 29.5 Å². The standard InChI is InChI=1S/C10H10F2OS.C9H5F5O/c1-2-14-6-10(13)8-4-3-7(11)5-9(8)12;10-8(11)7(15)5-1-3-6(4-2-5)9(12,13)14/h3-5H,2,6H2,1H3;1-4,8H. The summed E-state index contributed by atoms with van der Waals surface area (Å²) in [6.45, 7) is 1.92. The monoisotopic (exact) mass is 440 g/mol. The van der Waals surface area contributed by atoms with Gasteiger partial charge in [0.25, 0.3) is 0 Å². The van der Waals surface area contributed by atoms with E-state index < -0.39 is 41.1 Å². The first-order valence-electron chi connectivity index (χ1n) is 8.03. The second kappa shape index (κ2) is 11.0. The van der Waals surface area contributed by atoms with E-state index in [2.05, 4.69) is 0 Å². The van der Waals surface area contributed by atoms with Gasteiger partial charge in [0.05, 0.1) is 16.9 Å². The van der Waals surface area contributed by atoms with Crippen LogP contribution >= 0.6 is 11.8 Å². The van der Waals surface area contributed by atoms with E-state index in [0.717, 1.165) is 30.0 Å². The van der Waals surface area contributed by atoms with Gasteiger partial charge in [-0.2, -0.15) is 24.9 Å². The molecule has 0 aromatic heterocycles. The third kappa shape index (κ3) is 7.88. The maximum absolute atomic E-state index is 13.1. The van der Waals surface area contributed by atoms with Crippen molar-refractivity contribution in [2.75, 3.05) is 11.5 Å². The molecule has 2 aromatic rings. The summed E-state index contributed by atoms with van der Waals surface area (Å²) in [6, 6.07) is 5.65. The van der Waals surface area contributed by atoms with E-state index in [4.69, 9.17) is 0 Å². The fourth-order valence-corrected chi connectivity index (χ4v) is 2.48. The largest absolute Gasteiger partial charge is 0.416 e. The van der Waals surface area contributed by atoms with Crippen LogP contribution in [0.2, 0.25) is 0 Å². The van der Waals surface area contributed by atoms with Gasteiger partial charge >= 0.3 is 12.6 Å². The van der Waals surface area contributed by atoms with Crippen LogP contribution in [-0.2, 0) is 6.18 Å². The molecule has 0 heterocycles. The summed E-state index contributed by atoms with van der Waals surface area (Å²) in [5.41, 5.74) is -1.45. The average Bonchev–Trinajstić information content (AvgIpc) is 2.65. The van der Waals surface area contributed by atoms with Gasteiger partial charge in [0.2, 0.25) is 5.78 Å². The van der Waals surface area contributed by atoms with Crippen molar-refractivity contribution >= 4 is 23.3 Å². The van der Waals surface area contributed by atoms with E-state index in [1.54, 1.807) is 0 Å². The van der Waals surface area contributed by atoms with Crippen molar-refractivity contribution in [2.45, 2.75) is 19.5 Å². The quantitative estimate of drug-likeness (QED) is 0.405. The molecule has 0 fully saturated rings. The molecule has 29 heavy (non-hydrogen) atoms. The van der Waals surface area contributed by atoms with E-state index in [-0.39, 0.29) is 17.1 Å². The summed E-state index contributed by atoms with van der Waals surface area (Å²) in [5.74, 6) is -2.19. The number of halogens is 7. The van der Waals surface area contributed by atoms with Gasteiger partial charge in [-0.1, -0.05) is 19.1 Å². The molecule has 0 spiro atoms. The lowest BCUT2D eigenvalue weighted by atomic mass is 10.1. The molecule has 0 aliphatic heterocycles. The summed E-state index contributed by atoms with van der Waals surface area (Å²) in [7, 11) is 0. The fourth-order valence-electron chi connectivity index (χ4n) is 1.94. The average molecular weight is 440 g/mol. The number of ketones is 2. The van der Waals surface area contributed by atoms with Crippen LogP contribution in [0.3, 0.4) is 0 Å². The Morgan fingerprint density at radius 3 is 2.03 bits per heavy atom. The second-order valence-electron chi connectivity index (χ2n) is 5.42. The summed E-state index contributed by atoms with van der Waals surface area (Å²) in [4.78, 5) is 22.0. The summed E-state index contributed by atoms with van der Waals surface area (Å²) >= 11 is 1.41. The molecule has 0 radical (unpaired) electrons. The first kappa shape index (κ1) is 24.7. The fraction of sp³-hybridized carbons (Fsp3) is 0.263. The number of hydrogen-bond acceptors (Lipinski definition) is 3. The van der Waals surface area contributed by atoms with Crippen LogP contribution in [0.15, 0.2) is 42.5 Å². The van der Waals surface area contributed by atoms with Gasteiger partial charge in [-0.3, -0.25) is 9.59 Å². The van der Waals surface area contributed by atoms with Crippen LogP contribution in [0.1, 0.15) is 33.2 Å². The van der Waals surface area contributed by atoms with E-state index in [1.165, 1.54) is 17.8 Å². The highest BCUT2D eigenvalue weighted by atomic mass is 32.2. The molecule has 0 aliphatic rings. The Hall–Kier alpha value is -2.36. The zero-order valence-electron chi connectivity index (χ0n) is 14.9. The molecule has 2 rings (SSSR count). The van der Waals surface area contributed by atoms with Gasteiger partial charge in [0.1, 0.15) is 11.6 Å². The number of Topliss-reactive ketones (excluding diaryl/α,β-unsaturated/α-hetero) is 2. The Balaban J connectivity index is 0.000000291. The number of rotatable bonds is 6. The molecule has 10 heteroatoms. The molecular formula is C19H15F7O2S. The minimum Gasteiger partial charge on any atom is -0.293 e. The number of alkyl halides is 5. The van der Waals surface area contributed by atoms with Gasteiger partial charge in [-0.05, 0) is 30.0 Å². The van der Waals surface area contributed by atoms with Gasteiger partial charge in [0.15, 0.2) is 5.78 Å². The smallest absolute Gasteiger partial charge is 0.293 e. The van der Waals surface area contributed by atoms with Crippen molar-refractivity contribution in [3.05, 3.63) is 70.8 Å². The highest BCUT2D eigenvalue weighted by Gasteiger charge is 2.30. The molecule has 2 aromatic carbocycles. The topological polar surface area (TPSA) is 34.1 Å². The first-order valence-corrected chi connectivity index (χ1v) is 9.18. The maximum Gasteiger partial charge on any atom is 0.416 e. The number of carbonyl (C=O) groups excluding carboxylic acids is 2.